The summed E-state index contributed by atoms with van der Waals surface area (Å²) in [6.45, 7) is 7.38. The lowest BCUT2D eigenvalue weighted by molar-refractivity contribution is -0.120. The van der Waals surface area contributed by atoms with E-state index in [1.165, 1.54) is 5.56 Å². The number of ether oxygens (including phenoxy) is 2. The number of benzene rings is 2. The van der Waals surface area contributed by atoms with Crippen LogP contribution in [0.4, 0.5) is 0 Å². The standard InChI is InChI=1S/C22H28N2O4/c1-4-27-19-11-7-18(8-12-19)22(26)24-15-21(25)23-13-14-28-20-9-5-17(6-10-20)16(2)3/h5-12,16H,4,13-15H2,1-3H3,(H,23,25)(H,24,26). The van der Waals surface area contributed by atoms with Crippen LogP contribution < -0.4 is 20.1 Å². The van der Waals surface area contributed by atoms with Crippen molar-refractivity contribution >= 4 is 11.8 Å². The maximum atomic E-state index is 12.1. The largest absolute Gasteiger partial charge is 0.494 e. The highest BCUT2D eigenvalue weighted by Gasteiger charge is 2.08. The van der Waals surface area contributed by atoms with Crippen molar-refractivity contribution in [3.05, 3.63) is 59.7 Å². The quantitative estimate of drug-likeness (QED) is 0.617. The van der Waals surface area contributed by atoms with Gasteiger partial charge in [0.1, 0.15) is 18.1 Å². The summed E-state index contributed by atoms with van der Waals surface area (Å²) in [5.74, 6) is 1.38. The number of carbonyl (C=O) groups is 2. The van der Waals surface area contributed by atoms with E-state index in [1.807, 2.05) is 31.2 Å². The molecule has 0 saturated heterocycles. The van der Waals surface area contributed by atoms with Crippen LogP contribution in [0, 0.1) is 0 Å². The molecule has 6 nitrogen and oxygen atoms in total. The molecule has 0 aliphatic heterocycles. The maximum Gasteiger partial charge on any atom is 0.251 e. The van der Waals surface area contributed by atoms with Crippen LogP contribution in [0.1, 0.15) is 42.6 Å². The molecule has 2 aromatic carbocycles. The Morgan fingerprint density at radius 3 is 2.11 bits per heavy atom. The number of rotatable bonds is 10. The van der Waals surface area contributed by atoms with E-state index in [0.29, 0.717) is 37.0 Å². The normalized spacial score (nSPS) is 10.4. The summed E-state index contributed by atoms with van der Waals surface area (Å²) in [6, 6.07) is 14.7. The molecule has 0 saturated carbocycles. The first-order valence-electron chi connectivity index (χ1n) is 9.50. The molecule has 0 aliphatic carbocycles. The highest BCUT2D eigenvalue weighted by Crippen LogP contribution is 2.18. The minimum atomic E-state index is -0.306. The molecule has 150 valence electrons. The molecule has 0 bridgehead atoms. The molecule has 0 heterocycles. The van der Waals surface area contributed by atoms with Gasteiger partial charge in [-0.25, -0.2) is 0 Å². The summed E-state index contributed by atoms with van der Waals surface area (Å²) in [7, 11) is 0. The van der Waals surface area contributed by atoms with E-state index in [9.17, 15) is 9.59 Å². The van der Waals surface area contributed by atoms with E-state index in [4.69, 9.17) is 9.47 Å². The molecule has 0 aliphatic rings. The van der Waals surface area contributed by atoms with Gasteiger partial charge in [-0.15, -0.1) is 0 Å². The van der Waals surface area contributed by atoms with Gasteiger partial charge in [-0.1, -0.05) is 26.0 Å². The molecule has 0 atom stereocenters. The van der Waals surface area contributed by atoms with Gasteiger partial charge in [0.15, 0.2) is 0 Å². The molecule has 2 aromatic rings. The Hall–Kier alpha value is -3.02. The van der Waals surface area contributed by atoms with Crippen molar-refractivity contribution in [2.45, 2.75) is 26.7 Å². The second kappa shape index (κ2) is 11.0. The molecule has 6 heteroatoms. The average molecular weight is 384 g/mol. The topological polar surface area (TPSA) is 76.7 Å². The third-order valence-corrected chi connectivity index (χ3v) is 4.08. The monoisotopic (exact) mass is 384 g/mol. The first-order chi connectivity index (χ1) is 13.5. The molecule has 28 heavy (non-hydrogen) atoms. The second-order valence-corrected chi connectivity index (χ2v) is 6.56. The van der Waals surface area contributed by atoms with Crippen LogP contribution in [0.5, 0.6) is 11.5 Å². The molecule has 2 rings (SSSR count). The highest BCUT2D eigenvalue weighted by atomic mass is 16.5. The van der Waals surface area contributed by atoms with Gasteiger partial charge in [0.25, 0.3) is 5.91 Å². The fourth-order valence-electron chi connectivity index (χ4n) is 2.50. The fraction of sp³-hybridized carbons (Fsp3) is 0.364. The van der Waals surface area contributed by atoms with Crippen molar-refractivity contribution in [1.82, 2.24) is 10.6 Å². The Bertz CT molecular complexity index is 755. The zero-order valence-corrected chi connectivity index (χ0v) is 16.7. The third-order valence-electron chi connectivity index (χ3n) is 4.08. The minimum absolute atomic E-state index is 0.0882. The lowest BCUT2D eigenvalue weighted by Gasteiger charge is -2.10. The van der Waals surface area contributed by atoms with Gasteiger partial charge in [0.05, 0.1) is 19.7 Å². The average Bonchev–Trinajstić information content (AvgIpc) is 2.70. The van der Waals surface area contributed by atoms with Crippen molar-refractivity contribution < 1.29 is 19.1 Å². The molecule has 0 unspecified atom stereocenters. The van der Waals surface area contributed by atoms with E-state index in [2.05, 4.69) is 24.5 Å². The van der Waals surface area contributed by atoms with Crippen molar-refractivity contribution in [1.29, 1.82) is 0 Å². The Balaban J connectivity index is 1.64. The number of amides is 2. The number of hydrogen-bond acceptors (Lipinski definition) is 4. The first kappa shape index (κ1) is 21.3. The van der Waals surface area contributed by atoms with Crippen LogP contribution in [0.25, 0.3) is 0 Å². The highest BCUT2D eigenvalue weighted by molar-refractivity contribution is 5.96. The van der Waals surface area contributed by atoms with Crippen LogP contribution in [-0.4, -0.2) is 38.1 Å². The van der Waals surface area contributed by atoms with Gasteiger partial charge in [-0.05, 0) is 54.8 Å². The van der Waals surface area contributed by atoms with Crippen LogP contribution in [0.15, 0.2) is 48.5 Å². The third kappa shape index (κ3) is 6.95. The first-order valence-corrected chi connectivity index (χ1v) is 9.50. The summed E-state index contributed by atoms with van der Waals surface area (Å²) in [4.78, 5) is 23.9. The zero-order chi connectivity index (χ0) is 20.4. The predicted molar refractivity (Wildman–Crippen MR) is 109 cm³/mol. The summed E-state index contributed by atoms with van der Waals surface area (Å²) in [6.07, 6.45) is 0. The summed E-state index contributed by atoms with van der Waals surface area (Å²) >= 11 is 0. The Kier molecular flexibility index (Phi) is 8.34. The van der Waals surface area contributed by atoms with Crippen LogP contribution in [0.3, 0.4) is 0 Å². The molecule has 0 fully saturated rings. The van der Waals surface area contributed by atoms with Gasteiger partial charge in [-0.2, -0.15) is 0 Å². The van der Waals surface area contributed by atoms with Gasteiger partial charge < -0.3 is 20.1 Å². The van der Waals surface area contributed by atoms with Gasteiger partial charge in [0.2, 0.25) is 5.91 Å². The van der Waals surface area contributed by atoms with E-state index >= 15 is 0 Å². The van der Waals surface area contributed by atoms with Crippen molar-refractivity contribution in [3.8, 4) is 11.5 Å². The van der Waals surface area contributed by atoms with Crippen molar-refractivity contribution in [3.63, 3.8) is 0 Å². The molecule has 2 amide bonds. The van der Waals surface area contributed by atoms with E-state index in [1.54, 1.807) is 24.3 Å². The minimum Gasteiger partial charge on any atom is -0.494 e. The molecular weight excluding hydrogens is 356 g/mol. The lowest BCUT2D eigenvalue weighted by Crippen LogP contribution is -2.38. The van der Waals surface area contributed by atoms with Crippen LogP contribution in [0.2, 0.25) is 0 Å². The smallest absolute Gasteiger partial charge is 0.251 e. The van der Waals surface area contributed by atoms with Gasteiger partial charge in [-0.3, -0.25) is 9.59 Å². The lowest BCUT2D eigenvalue weighted by atomic mass is 10.0. The maximum absolute atomic E-state index is 12.1. The number of carbonyl (C=O) groups excluding carboxylic acids is 2. The van der Waals surface area contributed by atoms with Gasteiger partial charge >= 0.3 is 0 Å². The molecule has 2 N–H and O–H groups in total. The Labute approximate surface area is 166 Å². The fourth-order valence-corrected chi connectivity index (χ4v) is 2.50. The van der Waals surface area contributed by atoms with Crippen LogP contribution in [-0.2, 0) is 4.79 Å². The SMILES string of the molecule is CCOc1ccc(C(=O)NCC(=O)NCCOc2ccc(C(C)C)cc2)cc1. The molecular formula is C22H28N2O4. The molecule has 0 spiro atoms. The Morgan fingerprint density at radius 1 is 0.893 bits per heavy atom. The van der Waals surface area contributed by atoms with Gasteiger partial charge in [0, 0.05) is 5.56 Å². The zero-order valence-electron chi connectivity index (χ0n) is 16.7. The van der Waals surface area contributed by atoms with Crippen LogP contribution >= 0.6 is 0 Å². The summed E-state index contributed by atoms with van der Waals surface area (Å²) < 4.78 is 10.9. The summed E-state index contributed by atoms with van der Waals surface area (Å²) in [5, 5.41) is 5.31. The second-order valence-electron chi connectivity index (χ2n) is 6.56. The predicted octanol–water partition coefficient (Wildman–Crippen LogP) is 3.13. The van der Waals surface area contributed by atoms with Crippen molar-refractivity contribution in [2.75, 3.05) is 26.3 Å². The number of nitrogens with one attached hydrogen (secondary N) is 2. The summed E-state index contributed by atoms with van der Waals surface area (Å²) in [5.41, 5.74) is 1.73. The van der Waals surface area contributed by atoms with E-state index in [-0.39, 0.29) is 18.4 Å². The van der Waals surface area contributed by atoms with Crippen molar-refractivity contribution in [2.24, 2.45) is 0 Å². The molecule has 0 radical (unpaired) electrons. The molecule has 0 aromatic heterocycles. The number of hydrogen-bond donors (Lipinski definition) is 2. The Morgan fingerprint density at radius 2 is 1.50 bits per heavy atom. The van der Waals surface area contributed by atoms with E-state index in [0.717, 1.165) is 5.75 Å². The van der Waals surface area contributed by atoms with E-state index < -0.39 is 0 Å².